The number of Topliss-reactive ketones (excluding diaryl/α,β-unsaturated/α-hetero) is 1. The largest absolute Gasteiger partial charge is 0.507 e. The predicted molar refractivity (Wildman–Crippen MR) is 143 cm³/mol. The maximum Gasteiger partial charge on any atom is 0.300 e. The molecule has 37 heavy (non-hydrogen) atoms. The molecule has 4 rings (SSSR count). The molecule has 0 spiro atoms. The third kappa shape index (κ3) is 4.80. The minimum atomic E-state index is -0.994. The number of aliphatic hydroxyl groups is 1. The smallest absolute Gasteiger partial charge is 0.300 e. The fourth-order valence-electron chi connectivity index (χ4n) is 4.26. The minimum absolute atomic E-state index is 0.0830. The number of phenols is 1. The molecule has 1 fully saturated rings. The van der Waals surface area contributed by atoms with Gasteiger partial charge in [-0.15, -0.1) is 0 Å². The van der Waals surface area contributed by atoms with Crippen molar-refractivity contribution in [3.8, 4) is 17.2 Å². The first-order chi connectivity index (χ1) is 17.7. The molecule has 0 bridgehead atoms. The quantitative estimate of drug-likeness (QED) is 0.251. The first-order valence-electron chi connectivity index (χ1n) is 11.6. The van der Waals surface area contributed by atoms with Crippen LogP contribution in [0.15, 0.2) is 66.2 Å². The van der Waals surface area contributed by atoms with Crippen molar-refractivity contribution in [2.24, 2.45) is 0 Å². The monoisotopic (exact) mass is 522 g/mol. The molecule has 192 valence electrons. The molecular weight excluding hydrogens is 496 g/mol. The topological polar surface area (TPSA) is 99.5 Å². The van der Waals surface area contributed by atoms with E-state index in [1.165, 1.54) is 30.2 Å². The molecule has 3 aromatic carbocycles. The van der Waals surface area contributed by atoms with Gasteiger partial charge in [0.05, 0.1) is 30.4 Å². The number of aromatic hydroxyl groups is 1. The van der Waals surface area contributed by atoms with Crippen LogP contribution in [-0.2, 0) is 9.59 Å². The van der Waals surface area contributed by atoms with Crippen LogP contribution in [0.25, 0.3) is 5.76 Å². The Morgan fingerprint density at radius 3 is 2.35 bits per heavy atom. The van der Waals surface area contributed by atoms with E-state index in [0.29, 0.717) is 28.6 Å². The van der Waals surface area contributed by atoms with Crippen LogP contribution in [0.2, 0.25) is 5.02 Å². The summed E-state index contributed by atoms with van der Waals surface area (Å²) in [5.74, 6) is -1.60. The van der Waals surface area contributed by atoms with Crippen molar-refractivity contribution in [2.45, 2.75) is 13.0 Å². The summed E-state index contributed by atoms with van der Waals surface area (Å²) in [6.45, 7) is 2.08. The summed E-state index contributed by atoms with van der Waals surface area (Å²) in [5, 5.41) is 21.9. The summed E-state index contributed by atoms with van der Waals surface area (Å²) in [6, 6.07) is 15.3. The zero-order valence-corrected chi connectivity index (χ0v) is 21.6. The van der Waals surface area contributed by atoms with E-state index in [9.17, 15) is 19.8 Å². The molecule has 9 heteroatoms. The van der Waals surface area contributed by atoms with E-state index in [1.807, 2.05) is 31.1 Å². The number of anilines is 2. The molecule has 1 unspecified atom stereocenters. The highest BCUT2D eigenvalue weighted by molar-refractivity contribution is 6.51. The summed E-state index contributed by atoms with van der Waals surface area (Å²) in [6.07, 6.45) is 0. The highest BCUT2D eigenvalue weighted by Gasteiger charge is 2.47. The summed E-state index contributed by atoms with van der Waals surface area (Å²) >= 11 is 6.14. The number of methoxy groups -OCH3 is 1. The van der Waals surface area contributed by atoms with Crippen molar-refractivity contribution in [1.82, 2.24) is 0 Å². The zero-order chi connectivity index (χ0) is 26.9. The Hall–Kier alpha value is -4.17. The lowest BCUT2D eigenvalue weighted by atomic mass is 9.94. The maximum atomic E-state index is 13.4. The Morgan fingerprint density at radius 1 is 1.03 bits per heavy atom. The molecule has 1 heterocycles. The SMILES string of the molecule is CCOc1cc(C2/C(=C(/O)c3ccc(Cl)c(OC)c3)C(=O)C(=O)N2c2ccc(N(C)C)cc2)ccc1O. The number of ether oxygens (including phenoxy) is 2. The van der Waals surface area contributed by atoms with Crippen LogP contribution in [0.3, 0.4) is 0 Å². The van der Waals surface area contributed by atoms with E-state index in [4.69, 9.17) is 21.1 Å². The van der Waals surface area contributed by atoms with Gasteiger partial charge >= 0.3 is 0 Å². The highest BCUT2D eigenvalue weighted by atomic mass is 35.5. The average Bonchev–Trinajstić information content (AvgIpc) is 3.15. The van der Waals surface area contributed by atoms with Gasteiger partial charge in [0.15, 0.2) is 11.5 Å². The first kappa shape index (κ1) is 25.9. The normalized spacial score (nSPS) is 16.7. The molecule has 2 N–H and O–H groups in total. The lowest BCUT2D eigenvalue weighted by Crippen LogP contribution is -2.29. The first-order valence-corrected chi connectivity index (χ1v) is 11.9. The van der Waals surface area contributed by atoms with Crippen LogP contribution in [0.1, 0.15) is 24.1 Å². The standard InChI is InChI=1S/C28H27ClN2O6/c1-5-37-23-14-16(7-13-21(23)32)25-24(26(33)17-6-12-20(29)22(15-17)36-4)27(34)28(35)31(25)19-10-8-18(9-11-19)30(2)3/h6-15,25,32-33H,5H2,1-4H3/b26-24-. The van der Waals surface area contributed by atoms with E-state index in [1.54, 1.807) is 37.3 Å². The number of carbonyl (C=O) groups is 2. The number of halogens is 1. The van der Waals surface area contributed by atoms with Crippen LogP contribution < -0.4 is 19.3 Å². The van der Waals surface area contributed by atoms with Crippen molar-refractivity contribution >= 4 is 40.4 Å². The number of benzene rings is 3. The number of nitrogens with zero attached hydrogens (tertiary/aromatic N) is 2. The van der Waals surface area contributed by atoms with Gasteiger partial charge in [0.25, 0.3) is 11.7 Å². The number of aliphatic hydroxyl groups excluding tert-OH is 1. The molecule has 0 radical (unpaired) electrons. The Labute approximate surface area is 219 Å². The van der Waals surface area contributed by atoms with Crippen LogP contribution in [0.5, 0.6) is 17.2 Å². The van der Waals surface area contributed by atoms with Crippen LogP contribution >= 0.6 is 11.6 Å². The molecule has 1 saturated heterocycles. The van der Waals surface area contributed by atoms with E-state index < -0.39 is 17.7 Å². The second-order valence-corrected chi connectivity index (χ2v) is 9.00. The summed E-state index contributed by atoms with van der Waals surface area (Å²) in [4.78, 5) is 30.1. The van der Waals surface area contributed by atoms with E-state index >= 15 is 0 Å². The number of rotatable bonds is 7. The number of carbonyl (C=O) groups excluding carboxylic acids is 2. The Balaban J connectivity index is 1.94. The van der Waals surface area contributed by atoms with Gasteiger partial charge < -0.3 is 24.6 Å². The van der Waals surface area contributed by atoms with E-state index in [2.05, 4.69) is 0 Å². The molecule has 0 saturated carbocycles. The Kier molecular flexibility index (Phi) is 7.31. The molecule has 0 aliphatic carbocycles. The molecule has 0 aromatic heterocycles. The lowest BCUT2D eigenvalue weighted by Gasteiger charge is -2.26. The van der Waals surface area contributed by atoms with Gasteiger partial charge in [-0.05, 0) is 67.1 Å². The molecule has 3 aromatic rings. The third-order valence-electron chi connectivity index (χ3n) is 6.11. The molecule has 1 aliphatic heterocycles. The number of hydrogen-bond donors (Lipinski definition) is 2. The van der Waals surface area contributed by atoms with Crippen molar-refractivity contribution in [2.75, 3.05) is 37.6 Å². The molecule has 1 amide bonds. The number of amides is 1. The van der Waals surface area contributed by atoms with Crippen molar-refractivity contribution in [1.29, 1.82) is 0 Å². The van der Waals surface area contributed by atoms with Gasteiger partial charge in [-0.3, -0.25) is 14.5 Å². The van der Waals surface area contributed by atoms with E-state index in [-0.39, 0.29) is 28.4 Å². The highest BCUT2D eigenvalue weighted by Crippen LogP contribution is 2.44. The van der Waals surface area contributed by atoms with Crippen LogP contribution in [0.4, 0.5) is 11.4 Å². The third-order valence-corrected chi connectivity index (χ3v) is 6.42. The number of hydrogen-bond acceptors (Lipinski definition) is 7. The molecule has 1 atom stereocenters. The Morgan fingerprint density at radius 2 is 1.73 bits per heavy atom. The zero-order valence-electron chi connectivity index (χ0n) is 20.9. The summed E-state index contributed by atoms with van der Waals surface area (Å²) < 4.78 is 10.8. The second-order valence-electron chi connectivity index (χ2n) is 8.59. The van der Waals surface area contributed by atoms with Crippen molar-refractivity contribution in [3.63, 3.8) is 0 Å². The lowest BCUT2D eigenvalue weighted by molar-refractivity contribution is -0.132. The van der Waals surface area contributed by atoms with Gasteiger partial charge in [0, 0.05) is 31.0 Å². The van der Waals surface area contributed by atoms with Crippen LogP contribution in [0, 0.1) is 0 Å². The van der Waals surface area contributed by atoms with Crippen molar-refractivity contribution < 1.29 is 29.3 Å². The summed E-state index contributed by atoms with van der Waals surface area (Å²) in [7, 11) is 5.23. The molecule has 8 nitrogen and oxygen atoms in total. The van der Waals surface area contributed by atoms with Gasteiger partial charge in [0.2, 0.25) is 0 Å². The number of phenolic OH excluding ortho intramolecular Hbond substituents is 1. The fraction of sp³-hybridized carbons (Fsp3) is 0.214. The molecule has 1 aliphatic rings. The minimum Gasteiger partial charge on any atom is -0.507 e. The van der Waals surface area contributed by atoms with Gasteiger partial charge in [0.1, 0.15) is 11.5 Å². The van der Waals surface area contributed by atoms with E-state index in [0.717, 1.165) is 5.69 Å². The average molecular weight is 523 g/mol. The number of ketones is 1. The van der Waals surface area contributed by atoms with Gasteiger partial charge in [-0.1, -0.05) is 17.7 Å². The summed E-state index contributed by atoms with van der Waals surface area (Å²) in [5.41, 5.74) is 2.00. The van der Waals surface area contributed by atoms with Gasteiger partial charge in [-0.25, -0.2) is 0 Å². The maximum absolute atomic E-state index is 13.4. The fourth-order valence-corrected chi connectivity index (χ4v) is 4.45. The van der Waals surface area contributed by atoms with Gasteiger partial charge in [-0.2, -0.15) is 0 Å². The van der Waals surface area contributed by atoms with Crippen molar-refractivity contribution in [3.05, 3.63) is 82.4 Å². The Bertz CT molecular complexity index is 1380. The second kappa shape index (κ2) is 10.4. The predicted octanol–water partition coefficient (Wildman–Crippen LogP) is 5.15. The molecular formula is C28H27ClN2O6. The van der Waals surface area contributed by atoms with Crippen LogP contribution in [-0.4, -0.2) is 49.7 Å².